The molecule has 0 aliphatic heterocycles. The average molecular weight is 220 g/mol. The van der Waals surface area contributed by atoms with Crippen molar-refractivity contribution >= 4 is 11.8 Å². The minimum atomic E-state index is -4.31. The lowest BCUT2D eigenvalue weighted by Crippen LogP contribution is -2.31. The third-order valence-corrected chi connectivity index (χ3v) is 2.15. The van der Waals surface area contributed by atoms with Crippen molar-refractivity contribution in [2.75, 3.05) is 12.4 Å². The van der Waals surface area contributed by atoms with Gasteiger partial charge in [0.15, 0.2) is 0 Å². The Hall–Kier alpha value is 0.0300. The van der Waals surface area contributed by atoms with Crippen LogP contribution in [-0.4, -0.2) is 30.1 Å². The van der Waals surface area contributed by atoms with Crippen LogP contribution in [0.3, 0.4) is 0 Å². The molecule has 0 N–H and O–H groups in total. The summed E-state index contributed by atoms with van der Waals surface area (Å²) >= 11 is 1.38. The van der Waals surface area contributed by atoms with E-state index < -0.39 is 12.5 Å². The Labute approximate surface area is 78.8 Å². The first-order chi connectivity index (χ1) is 5.86. The summed E-state index contributed by atoms with van der Waals surface area (Å²) in [7, 11) is 0. The SMILES string of the molecule is CC(C)SCCOC(F)(F)C(F)F. The second-order valence-corrected chi connectivity index (χ2v) is 4.31. The Morgan fingerprint density at radius 1 is 1.31 bits per heavy atom. The number of thioether (sulfide) groups is 1. The van der Waals surface area contributed by atoms with E-state index in [-0.39, 0.29) is 11.9 Å². The molecule has 0 fully saturated rings. The molecule has 0 atom stereocenters. The molecule has 0 saturated heterocycles. The highest BCUT2D eigenvalue weighted by Gasteiger charge is 2.41. The molecule has 13 heavy (non-hydrogen) atoms. The first kappa shape index (κ1) is 13.0. The molecular formula is C7H12F4OS. The van der Waals surface area contributed by atoms with Gasteiger partial charge in [-0.1, -0.05) is 13.8 Å². The van der Waals surface area contributed by atoms with Crippen molar-refractivity contribution < 1.29 is 22.3 Å². The van der Waals surface area contributed by atoms with Gasteiger partial charge in [-0.2, -0.15) is 20.5 Å². The van der Waals surface area contributed by atoms with Gasteiger partial charge in [-0.15, -0.1) is 0 Å². The highest BCUT2D eigenvalue weighted by molar-refractivity contribution is 7.99. The summed E-state index contributed by atoms with van der Waals surface area (Å²) < 4.78 is 50.9. The van der Waals surface area contributed by atoms with Crippen LogP contribution >= 0.6 is 11.8 Å². The first-order valence-electron chi connectivity index (χ1n) is 3.77. The van der Waals surface area contributed by atoms with Crippen LogP contribution in [-0.2, 0) is 4.74 Å². The fraction of sp³-hybridized carbons (Fsp3) is 1.00. The monoisotopic (exact) mass is 220 g/mol. The number of alkyl halides is 4. The number of rotatable bonds is 6. The van der Waals surface area contributed by atoms with Crippen LogP contribution in [0, 0.1) is 0 Å². The lowest BCUT2D eigenvalue weighted by Gasteiger charge is -2.15. The van der Waals surface area contributed by atoms with Crippen LogP contribution in [0.25, 0.3) is 0 Å². The fourth-order valence-electron chi connectivity index (χ4n) is 0.525. The molecule has 0 unspecified atom stereocenters. The second kappa shape index (κ2) is 5.70. The van der Waals surface area contributed by atoms with E-state index in [1.807, 2.05) is 13.8 Å². The van der Waals surface area contributed by atoms with Crippen molar-refractivity contribution in [1.29, 1.82) is 0 Å². The van der Waals surface area contributed by atoms with Crippen molar-refractivity contribution in [1.82, 2.24) is 0 Å². The van der Waals surface area contributed by atoms with E-state index in [1.54, 1.807) is 0 Å². The summed E-state index contributed by atoms with van der Waals surface area (Å²) in [5.41, 5.74) is 0. The Kier molecular flexibility index (Phi) is 5.71. The van der Waals surface area contributed by atoms with Crippen LogP contribution in [0.5, 0.6) is 0 Å². The zero-order valence-corrected chi connectivity index (χ0v) is 8.21. The van der Waals surface area contributed by atoms with Crippen LogP contribution < -0.4 is 0 Å². The molecule has 0 rings (SSSR count). The van der Waals surface area contributed by atoms with E-state index in [0.29, 0.717) is 5.75 Å². The van der Waals surface area contributed by atoms with E-state index in [1.165, 1.54) is 11.8 Å². The average Bonchev–Trinajstić information content (AvgIpc) is 1.97. The summed E-state index contributed by atoms with van der Waals surface area (Å²) in [5.74, 6) is 0.292. The minimum Gasteiger partial charge on any atom is -0.315 e. The maximum Gasteiger partial charge on any atom is 0.416 e. The third-order valence-electron chi connectivity index (χ3n) is 1.08. The number of hydrogen-bond acceptors (Lipinski definition) is 2. The molecule has 6 heteroatoms. The van der Waals surface area contributed by atoms with Gasteiger partial charge in [-0.3, -0.25) is 0 Å². The smallest absolute Gasteiger partial charge is 0.315 e. The normalized spacial score (nSPS) is 12.9. The van der Waals surface area contributed by atoms with Gasteiger partial charge in [0.25, 0.3) is 0 Å². The number of halogens is 4. The molecule has 1 nitrogen and oxygen atoms in total. The number of ether oxygens (including phenoxy) is 1. The Morgan fingerprint density at radius 2 is 1.85 bits per heavy atom. The van der Waals surface area contributed by atoms with E-state index in [9.17, 15) is 17.6 Å². The molecule has 0 radical (unpaired) electrons. The van der Waals surface area contributed by atoms with Crippen molar-refractivity contribution in [3.05, 3.63) is 0 Å². The van der Waals surface area contributed by atoms with E-state index in [2.05, 4.69) is 4.74 Å². The summed E-state index contributed by atoms with van der Waals surface area (Å²) in [6, 6.07) is 0. The minimum absolute atomic E-state index is 0.281. The zero-order chi connectivity index (χ0) is 10.5. The molecule has 0 amide bonds. The lowest BCUT2D eigenvalue weighted by atomic mass is 10.6. The molecular weight excluding hydrogens is 208 g/mol. The standard InChI is InChI=1S/C7H12F4OS/c1-5(2)13-4-3-12-7(10,11)6(8)9/h5-6H,3-4H2,1-2H3. The van der Waals surface area contributed by atoms with Gasteiger partial charge >= 0.3 is 12.5 Å². The maximum absolute atomic E-state index is 12.1. The fourth-order valence-corrected chi connectivity index (χ4v) is 1.18. The molecule has 0 bridgehead atoms. The molecule has 0 aromatic rings. The lowest BCUT2D eigenvalue weighted by molar-refractivity contribution is -0.297. The molecule has 0 spiro atoms. The van der Waals surface area contributed by atoms with Gasteiger partial charge in [0.2, 0.25) is 0 Å². The summed E-state index contributed by atoms with van der Waals surface area (Å²) in [5, 5.41) is 0.281. The highest BCUT2D eigenvalue weighted by atomic mass is 32.2. The van der Waals surface area contributed by atoms with Gasteiger partial charge in [0.1, 0.15) is 0 Å². The van der Waals surface area contributed by atoms with Crippen molar-refractivity contribution in [2.24, 2.45) is 0 Å². The van der Waals surface area contributed by atoms with Gasteiger partial charge in [0, 0.05) is 5.75 Å². The Balaban J connectivity index is 3.52. The van der Waals surface area contributed by atoms with E-state index in [4.69, 9.17) is 0 Å². The zero-order valence-electron chi connectivity index (χ0n) is 7.40. The molecule has 0 aromatic heterocycles. The van der Waals surface area contributed by atoms with Crippen molar-refractivity contribution in [3.8, 4) is 0 Å². The van der Waals surface area contributed by atoms with Gasteiger partial charge in [0.05, 0.1) is 6.61 Å². The highest BCUT2D eigenvalue weighted by Crippen LogP contribution is 2.24. The largest absolute Gasteiger partial charge is 0.416 e. The van der Waals surface area contributed by atoms with Crippen LogP contribution in [0.1, 0.15) is 13.8 Å². The van der Waals surface area contributed by atoms with Crippen molar-refractivity contribution in [2.45, 2.75) is 31.6 Å². The number of hydrogen-bond donors (Lipinski definition) is 0. The predicted molar refractivity (Wildman–Crippen MR) is 44.5 cm³/mol. The Morgan fingerprint density at radius 3 is 2.23 bits per heavy atom. The van der Waals surface area contributed by atoms with Crippen LogP contribution in [0.15, 0.2) is 0 Å². The predicted octanol–water partition coefficient (Wildman–Crippen LogP) is 3.00. The molecule has 0 saturated carbocycles. The Bertz CT molecular complexity index is 140. The topological polar surface area (TPSA) is 9.23 Å². The van der Waals surface area contributed by atoms with Gasteiger partial charge in [-0.25, -0.2) is 8.78 Å². The van der Waals surface area contributed by atoms with Crippen molar-refractivity contribution in [3.63, 3.8) is 0 Å². The third kappa shape index (κ3) is 6.15. The van der Waals surface area contributed by atoms with Crippen LogP contribution in [0.4, 0.5) is 17.6 Å². The van der Waals surface area contributed by atoms with E-state index in [0.717, 1.165) is 0 Å². The second-order valence-electron chi connectivity index (χ2n) is 2.63. The summed E-state index contributed by atoms with van der Waals surface area (Å²) in [6.07, 6.45) is -8.06. The molecule has 0 aliphatic rings. The summed E-state index contributed by atoms with van der Waals surface area (Å²) in [6.45, 7) is 3.41. The molecule has 0 heterocycles. The van der Waals surface area contributed by atoms with E-state index >= 15 is 0 Å². The maximum atomic E-state index is 12.1. The van der Waals surface area contributed by atoms with Gasteiger partial charge in [-0.05, 0) is 5.25 Å². The molecule has 0 aliphatic carbocycles. The molecule has 0 aromatic carbocycles. The summed E-state index contributed by atoms with van der Waals surface area (Å²) in [4.78, 5) is 0. The van der Waals surface area contributed by atoms with Crippen LogP contribution in [0.2, 0.25) is 0 Å². The van der Waals surface area contributed by atoms with Gasteiger partial charge < -0.3 is 4.74 Å². The first-order valence-corrected chi connectivity index (χ1v) is 4.82. The molecule has 80 valence electrons. The quantitative estimate of drug-likeness (QED) is 0.502.